The normalized spacial score (nSPS) is 10.8. The second kappa shape index (κ2) is 8.23. The average Bonchev–Trinajstić information content (AvgIpc) is 3.33. The van der Waals surface area contributed by atoms with Gasteiger partial charge in [-0.15, -0.1) is 10.2 Å². The molecule has 0 radical (unpaired) electrons. The monoisotopic (exact) mass is 407 g/mol. The molecule has 146 valence electrons. The number of hydrogen-bond acceptors (Lipinski definition) is 8. The van der Waals surface area contributed by atoms with Crippen LogP contribution >= 0.6 is 11.8 Å². The number of nitrogens with zero attached hydrogens (tertiary/aromatic N) is 6. The molecule has 0 aliphatic rings. The summed E-state index contributed by atoms with van der Waals surface area (Å²) in [6.45, 7) is 3.69. The number of hydrogen-bond donors (Lipinski definition) is 1. The van der Waals surface area contributed by atoms with Crippen molar-refractivity contribution >= 4 is 23.7 Å². The number of pyridine rings is 1. The van der Waals surface area contributed by atoms with Crippen molar-refractivity contribution in [3.05, 3.63) is 60.2 Å². The van der Waals surface area contributed by atoms with Crippen LogP contribution in [-0.2, 0) is 4.79 Å². The second-order valence-corrected chi connectivity index (χ2v) is 7.10. The number of nitrogens with one attached hydrogen (secondary N) is 1. The van der Waals surface area contributed by atoms with Gasteiger partial charge in [0.05, 0.1) is 11.4 Å². The molecule has 9 nitrogen and oxygen atoms in total. The smallest absolute Gasteiger partial charge is 0.315 e. The summed E-state index contributed by atoms with van der Waals surface area (Å²) in [5, 5.41) is 15.5. The molecule has 0 aliphatic heterocycles. The van der Waals surface area contributed by atoms with Crippen LogP contribution in [0.4, 0.5) is 6.01 Å². The van der Waals surface area contributed by atoms with E-state index in [1.54, 1.807) is 19.3 Å². The highest BCUT2D eigenvalue weighted by Gasteiger charge is 2.19. The predicted molar refractivity (Wildman–Crippen MR) is 108 cm³/mol. The average molecular weight is 407 g/mol. The maximum absolute atomic E-state index is 12.3. The summed E-state index contributed by atoms with van der Waals surface area (Å²) in [7, 11) is 0. The van der Waals surface area contributed by atoms with Crippen molar-refractivity contribution in [2.75, 3.05) is 11.1 Å². The van der Waals surface area contributed by atoms with Crippen LogP contribution in [0.15, 0.2) is 58.5 Å². The standard InChI is InChI=1S/C19H17N7O2S/c1-12-6-3-4-8-15(12)26-17(14-7-5-9-20-10-14)23-24-19(26)29-11-16(27)22-18-21-13(2)25-28-18/h3-10H,11H2,1-2H3,(H,21,22,25,27). The van der Waals surface area contributed by atoms with Gasteiger partial charge in [0.15, 0.2) is 16.8 Å². The molecule has 0 aliphatic carbocycles. The number of rotatable bonds is 6. The molecule has 1 N–H and O–H groups in total. The summed E-state index contributed by atoms with van der Waals surface area (Å²) in [5.41, 5.74) is 2.83. The van der Waals surface area contributed by atoms with Gasteiger partial charge in [-0.1, -0.05) is 35.1 Å². The lowest BCUT2D eigenvalue weighted by molar-refractivity contribution is -0.114. The summed E-state index contributed by atoms with van der Waals surface area (Å²) in [4.78, 5) is 20.4. The van der Waals surface area contributed by atoms with E-state index >= 15 is 0 Å². The fourth-order valence-corrected chi connectivity index (χ4v) is 3.46. The molecule has 10 heteroatoms. The van der Waals surface area contributed by atoms with E-state index < -0.39 is 0 Å². The highest BCUT2D eigenvalue weighted by Crippen LogP contribution is 2.29. The molecule has 0 fully saturated rings. The van der Waals surface area contributed by atoms with Gasteiger partial charge in [-0.25, -0.2) is 0 Å². The van der Waals surface area contributed by atoms with Crippen LogP contribution in [0.3, 0.4) is 0 Å². The number of thioether (sulfide) groups is 1. The SMILES string of the molecule is Cc1noc(NC(=O)CSc2nnc(-c3cccnc3)n2-c2ccccc2C)n1. The van der Waals surface area contributed by atoms with E-state index in [2.05, 4.69) is 30.6 Å². The van der Waals surface area contributed by atoms with Gasteiger partial charge in [0.1, 0.15) is 0 Å². The number of amides is 1. The molecular weight excluding hydrogens is 390 g/mol. The Kier molecular flexibility index (Phi) is 5.34. The molecule has 3 aromatic heterocycles. The van der Waals surface area contributed by atoms with Crippen LogP contribution in [0.1, 0.15) is 11.4 Å². The number of carbonyl (C=O) groups is 1. The van der Waals surface area contributed by atoms with Crippen LogP contribution in [-0.4, -0.2) is 41.5 Å². The zero-order valence-corrected chi connectivity index (χ0v) is 16.6. The number of carbonyl (C=O) groups excluding carboxylic acids is 1. The topological polar surface area (TPSA) is 112 Å². The van der Waals surface area contributed by atoms with E-state index in [4.69, 9.17) is 4.52 Å². The zero-order chi connectivity index (χ0) is 20.2. The van der Waals surface area contributed by atoms with Crippen molar-refractivity contribution < 1.29 is 9.32 Å². The molecule has 0 atom stereocenters. The van der Waals surface area contributed by atoms with E-state index in [0.717, 1.165) is 16.8 Å². The van der Waals surface area contributed by atoms with E-state index in [-0.39, 0.29) is 17.7 Å². The fourth-order valence-electron chi connectivity index (χ4n) is 2.71. The highest BCUT2D eigenvalue weighted by molar-refractivity contribution is 7.99. The quantitative estimate of drug-likeness (QED) is 0.485. The Hall–Kier alpha value is -3.53. The first-order valence-electron chi connectivity index (χ1n) is 8.76. The second-order valence-electron chi connectivity index (χ2n) is 6.15. The molecular formula is C19H17N7O2S. The van der Waals surface area contributed by atoms with Crippen molar-refractivity contribution in [2.24, 2.45) is 0 Å². The van der Waals surface area contributed by atoms with Gasteiger partial charge in [-0.2, -0.15) is 4.98 Å². The third-order valence-corrected chi connectivity index (χ3v) is 4.94. The Morgan fingerprint density at radius 1 is 1.17 bits per heavy atom. The molecule has 4 aromatic rings. The molecule has 0 unspecified atom stereocenters. The van der Waals surface area contributed by atoms with Crippen LogP contribution in [0, 0.1) is 13.8 Å². The lowest BCUT2D eigenvalue weighted by atomic mass is 10.2. The minimum absolute atomic E-state index is 0.0736. The van der Waals surface area contributed by atoms with Gasteiger partial charge in [0.25, 0.3) is 0 Å². The Bertz CT molecular complexity index is 1140. The number of benzene rings is 1. The van der Waals surface area contributed by atoms with E-state index in [9.17, 15) is 4.79 Å². The third-order valence-electron chi connectivity index (χ3n) is 4.02. The number of aromatic nitrogens is 6. The van der Waals surface area contributed by atoms with Crippen molar-refractivity contribution in [3.63, 3.8) is 0 Å². The van der Waals surface area contributed by atoms with Gasteiger partial charge < -0.3 is 4.52 Å². The van der Waals surface area contributed by atoms with Crippen LogP contribution < -0.4 is 5.32 Å². The van der Waals surface area contributed by atoms with Gasteiger partial charge in [-0.05, 0) is 37.6 Å². The number of aryl methyl sites for hydroxylation is 2. The van der Waals surface area contributed by atoms with Gasteiger partial charge in [0, 0.05) is 18.0 Å². The summed E-state index contributed by atoms with van der Waals surface area (Å²) in [5.74, 6) is 0.940. The maximum atomic E-state index is 12.3. The molecule has 1 aromatic carbocycles. The number of para-hydroxylation sites is 1. The molecule has 29 heavy (non-hydrogen) atoms. The summed E-state index contributed by atoms with van der Waals surface area (Å²) in [6.07, 6.45) is 3.44. The number of anilines is 1. The third kappa shape index (κ3) is 4.16. The predicted octanol–water partition coefficient (Wildman–Crippen LogP) is 3.06. The molecule has 0 saturated carbocycles. The van der Waals surface area contributed by atoms with E-state index in [1.807, 2.05) is 47.9 Å². The van der Waals surface area contributed by atoms with Gasteiger partial charge in [0.2, 0.25) is 5.91 Å². The lowest BCUT2D eigenvalue weighted by Crippen LogP contribution is -2.15. The molecule has 4 rings (SSSR count). The van der Waals surface area contributed by atoms with Crippen LogP contribution in [0.25, 0.3) is 17.1 Å². The highest BCUT2D eigenvalue weighted by atomic mass is 32.2. The summed E-state index contributed by atoms with van der Waals surface area (Å²) in [6, 6.07) is 11.8. The Morgan fingerprint density at radius 3 is 2.76 bits per heavy atom. The minimum Gasteiger partial charge on any atom is -0.315 e. The van der Waals surface area contributed by atoms with Gasteiger partial charge >= 0.3 is 6.01 Å². The Balaban J connectivity index is 1.62. The molecule has 1 amide bonds. The largest absolute Gasteiger partial charge is 0.328 e. The van der Waals surface area contributed by atoms with Crippen LogP contribution in [0.5, 0.6) is 0 Å². The zero-order valence-electron chi connectivity index (χ0n) is 15.7. The van der Waals surface area contributed by atoms with Crippen molar-refractivity contribution in [1.29, 1.82) is 0 Å². The molecule has 0 spiro atoms. The van der Waals surface area contributed by atoms with Gasteiger partial charge in [-0.3, -0.25) is 19.7 Å². The first-order valence-corrected chi connectivity index (χ1v) is 9.75. The van der Waals surface area contributed by atoms with Crippen molar-refractivity contribution in [1.82, 2.24) is 29.9 Å². The maximum Gasteiger partial charge on any atom is 0.328 e. The first kappa shape index (κ1) is 18.8. The fraction of sp³-hybridized carbons (Fsp3) is 0.158. The molecule has 0 bridgehead atoms. The van der Waals surface area contributed by atoms with E-state index in [0.29, 0.717) is 16.8 Å². The first-order chi connectivity index (χ1) is 14.1. The summed E-state index contributed by atoms with van der Waals surface area (Å²) < 4.78 is 6.85. The molecule has 0 saturated heterocycles. The van der Waals surface area contributed by atoms with E-state index in [1.165, 1.54) is 11.8 Å². The molecule has 3 heterocycles. The van der Waals surface area contributed by atoms with Crippen LogP contribution in [0.2, 0.25) is 0 Å². The summed E-state index contributed by atoms with van der Waals surface area (Å²) >= 11 is 1.27. The Morgan fingerprint density at radius 2 is 2.03 bits per heavy atom. The lowest BCUT2D eigenvalue weighted by Gasteiger charge is -2.12. The van der Waals surface area contributed by atoms with Crippen molar-refractivity contribution in [2.45, 2.75) is 19.0 Å². The Labute approximate surface area is 170 Å². The van der Waals surface area contributed by atoms with Crippen molar-refractivity contribution in [3.8, 4) is 17.1 Å². The minimum atomic E-state index is -0.277.